The van der Waals surface area contributed by atoms with Crippen molar-refractivity contribution in [3.05, 3.63) is 47.7 Å². The Morgan fingerprint density at radius 1 is 1.11 bits per heavy atom. The summed E-state index contributed by atoms with van der Waals surface area (Å²) in [5.74, 6) is 3.68. The van der Waals surface area contributed by atoms with Crippen LogP contribution in [-0.2, 0) is 0 Å². The van der Waals surface area contributed by atoms with E-state index in [-0.39, 0.29) is 0 Å². The highest BCUT2D eigenvalue weighted by Crippen LogP contribution is 2.41. The van der Waals surface area contributed by atoms with Crippen LogP contribution in [0.5, 0.6) is 11.5 Å². The summed E-state index contributed by atoms with van der Waals surface area (Å²) in [4.78, 5) is 4.64. The van der Waals surface area contributed by atoms with Crippen LogP contribution in [0, 0.1) is 17.8 Å². The Labute approximate surface area is 216 Å². The van der Waals surface area contributed by atoms with Crippen molar-refractivity contribution in [2.24, 2.45) is 17.8 Å². The van der Waals surface area contributed by atoms with Crippen molar-refractivity contribution in [2.45, 2.75) is 83.5 Å². The number of aliphatic hydroxyl groups excluding tert-OH is 1. The minimum absolute atomic E-state index is 0.293. The first-order chi connectivity index (χ1) is 17.7. The molecule has 3 aliphatic rings. The Morgan fingerprint density at radius 2 is 2.00 bits per heavy atom. The molecule has 5 rings (SSSR count). The molecule has 4 nitrogen and oxygen atoms in total. The Morgan fingerprint density at radius 3 is 2.83 bits per heavy atom. The van der Waals surface area contributed by atoms with Crippen LogP contribution < -0.4 is 9.47 Å². The summed E-state index contributed by atoms with van der Waals surface area (Å²) >= 11 is 0. The van der Waals surface area contributed by atoms with Crippen LogP contribution in [0.2, 0.25) is 0 Å². The summed E-state index contributed by atoms with van der Waals surface area (Å²) in [7, 11) is 1.71. The lowest BCUT2D eigenvalue weighted by Crippen LogP contribution is -2.21. The van der Waals surface area contributed by atoms with Crippen molar-refractivity contribution >= 4 is 16.5 Å². The number of fused-ring (bicyclic) bond motifs is 3. The molecule has 2 aliphatic carbocycles. The molecule has 0 saturated heterocycles. The van der Waals surface area contributed by atoms with E-state index in [9.17, 15) is 5.11 Å². The molecule has 0 unspecified atom stereocenters. The summed E-state index contributed by atoms with van der Waals surface area (Å²) in [5.41, 5.74) is 5.07. The number of ether oxygens (including phenoxy) is 2. The van der Waals surface area contributed by atoms with Gasteiger partial charge in [0.05, 0.1) is 25.4 Å². The monoisotopic (exact) mass is 489 g/mol. The second kappa shape index (κ2) is 12.3. The molecule has 1 aromatic carbocycles. The summed E-state index contributed by atoms with van der Waals surface area (Å²) in [5, 5.41) is 11.3. The zero-order chi connectivity index (χ0) is 24.7. The van der Waals surface area contributed by atoms with Gasteiger partial charge in [0.25, 0.3) is 0 Å². The number of aromatic nitrogens is 1. The largest absolute Gasteiger partial charge is 0.497 e. The van der Waals surface area contributed by atoms with Gasteiger partial charge in [0, 0.05) is 29.9 Å². The Hall–Kier alpha value is -2.33. The lowest BCUT2D eigenvalue weighted by atomic mass is 9.75. The van der Waals surface area contributed by atoms with E-state index in [1.165, 1.54) is 68.1 Å². The van der Waals surface area contributed by atoms with Crippen molar-refractivity contribution in [2.75, 3.05) is 20.3 Å². The predicted molar refractivity (Wildman–Crippen MR) is 147 cm³/mol. The molecule has 2 heterocycles. The van der Waals surface area contributed by atoms with E-state index >= 15 is 0 Å². The zero-order valence-electron chi connectivity index (χ0n) is 22.0. The zero-order valence-corrected chi connectivity index (χ0v) is 22.0. The third kappa shape index (κ3) is 5.96. The van der Waals surface area contributed by atoms with Gasteiger partial charge in [-0.3, -0.25) is 4.98 Å². The Balaban J connectivity index is 1.23. The first-order valence-corrected chi connectivity index (χ1v) is 14.3. The van der Waals surface area contributed by atoms with Crippen molar-refractivity contribution in [1.29, 1.82) is 0 Å². The number of hydrogen-bond donors (Lipinski definition) is 1. The molecule has 36 heavy (non-hydrogen) atoms. The van der Waals surface area contributed by atoms with Crippen LogP contribution in [-0.4, -0.2) is 30.4 Å². The average molecular weight is 490 g/mol. The molecule has 2 atom stereocenters. The van der Waals surface area contributed by atoms with Crippen molar-refractivity contribution in [1.82, 2.24) is 4.98 Å². The average Bonchev–Trinajstić information content (AvgIpc) is 3.15. The van der Waals surface area contributed by atoms with Gasteiger partial charge in [0.2, 0.25) is 0 Å². The number of hydrogen-bond acceptors (Lipinski definition) is 4. The summed E-state index contributed by atoms with van der Waals surface area (Å²) < 4.78 is 11.6. The number of allylic oxidation sites excluding steroid dienone is 2. The molecule has 0 bridgehead atoms. The summed E-state index contributed by atoms with van der Waals surface area (Å²) in [6.07, 6.45) is 23.1. The van der Waals surface area contributed by atoms with Gasteiger partial charge in [-0.1, -0.05) is 49.8 Å². The molecule has 1 aromatic heterocycles. The number of rotatable bonds is 8. The van der Waals surface area contributed by atoms with E-state index in [0.29, 0.717) is 25.0 Å². The van der Waals surface area contributed by atoms with Crippen molar-refractivity contribution in [3.63, 3.8) is 0 Å². The van der Waals surface area contributed by atoms with E-state index in [1.54, 1.807) is 7.11 Å². The van der Waals surface area contributed by atoms with Crippen LogP contribution in [0.15, 0.2) is 42.1 Å². The van der Waals surface area contributed by atoms with Crippen LogP contribution in [0.1, 0.15) is 89.0 Å². The van der Waals surface area contributed by atoms with Gasteiger partial charge in [-0.15, -0.1) is 0 Å². The van der Waals surface area contributed by atoms with Gasteiger partial charge in [-0.05, 0) is 80.6 Å². The fourth-order valence-electron chi connectivity index (χ4n) is 6.76. The summed E-state index contributed by atoms with van der Waals surface area (Å²) in [6.45, 7) is 0.986. The lowest BCUT2D eigenvalue weighted by Gasteiger charge is -2.31. The highest BCUT2D eigenvalue weighted by molar-refractivity contribution is 5.95. The quantitative estimate of drug-likeness (QED) is 0.383. The smallest absolute Gasteiger partial charge is 0.145 e. The molecule has 1 N–H and O–H groups in total. The van der Waals surface area contributed by atoms with E-state index in [1.807, 2.05) is 18.3 Å². The normalized spacial score (nSPS) is 24.2. The maximum absolute atomic E-state index is 10.2. The second-order valence-corrected chi connectivity index (χ2v) is 11.2. The second-order valence-electron chi connectivity index (χ2n) is 11.2. The topological polar surface area (TPSA) is 51.6 Å². The fraction of sp³-hybridized carbons (Fsp3) is 0.594. The third-order valence-electron chi connectivity index (χ3n) is 8.86. The van der Waals surface area contributed by atoms with Gasteiger partial charge in [0.1, 0.15) is 11.5 Å². The predicted octanol–water partition coefficient (Wildman–Crippen LogP) is 7.89. The maximum atomic E-state index is 10.2. The first kappa shape index (κ1) is 25.3. The maximum Gasteiger partial charge on any atom is 0.145 e. The van der Waals surface area contributed by atoms with Crippen LogP contribution >= 0.6 is 0 Å². The highest BCUT2D eigenvalue weighted by atomic mass is 16.5. The van der Waals surface area contributed by atoms with Gasteiger partial charge >= 0.3 is 0 Å². The molecule has 1 aliphatic heterocycles. The SMILES string of the molecule is COc1ccc2ncc3c(c2c1)C(CC[C@H]1CC/C(=C/CCC2CCCCC2)[C@H](CO)C1)=CCCO3. The Bertz CT molecular complexity index is 1080. The van der Waals surface area contributed by atoms with Crippen LogP contribution in [0.25, 0.3) is 16.5 Å². The number of nitrogens with zero attached hydrogens (tertiary/aromatic N) is 1. The van der Waals surface area contributed by atoms with E-state index in [2.05, 4.69) is 23.2 Å². The van der Waals surface area contributed by atoms with E-state index < -0.39 is 0 Å². The van der Waals surface area contributed by atoms with Gasteiger partial charge in [-0.2, -0.15) is 0 Å². The Kier molecular flexibility index (Phi) is 8.63. The van der Waals surface area contributed by atoms with E-state index in [4.69, 9.17) is 9.47 Å². The van der Waals surface area contributed by atoms with Crippen LogP contribution in [0.3, 0.4) is 0 Å². The standard InChI is InChI=1S/C32H43NO3/c1-35-28-16-17-30-29(20-28)32-26(11-6-18-36-31(32)21-33-30)15-13-24-12-14-25(27(19-24)22-34)10-5-9-23-7-3-2-4-8-23/h10-11,16-17,20-21,23-24,27,34H,2-9,12-15,18-19,22H2,1H3/b25-10-/t24-,27+/m1/s1. The number of aliphatic hydroxyl groups is 1. The molecule has 2 fully saturated rings. The van der Waals surface area contributed by atoms with E-state index in [0.717, 1.165) is 60.4 Å². The third-order valence-corrected chi connectivity index (χ3v) is 8.86. The molecule has 4 heteroatoms. The molecule has 0 amide bonds. The minimum Gasteiger partial charge on any atom is -0.497 e. The molecular weight excluding hydrogens is 446 g/mol. The number of methoxy groups -OCH3 is 1. The lowest BCUT2D eigenvalue weighted by molar-refractivity contribution is 0.195. The number of pyridine rings is 1. The molecule has 2 aromatic rings. The fourth-order valence-corrected chi connectivity index (χ4v) is 6.76. The van der Waals surface area contributed by atoms with Crippen molar-refractivity contribution < 1.29 is 14.6 Å². The molecule has 0 spiro atoms. The molecule has 194 valence electrons. The molecule has 2 saturated carbocycles. The van der Waals surface area contributed by atoms with Crippen molar-refractivity contribution in [3.8, 4) is 11.5 Å². The van der Waals surface area contributed by atoms with Gasteiger partial charge in [0.15, 0.2) is 0 Å². The first-order valence-electron chi connectivity index (χ1n) is 14.3. The minimum atomic E-state index is 0.293. The molecular formula is C32H43NO3. The molecule has 0 radical (unpaired) electrons. The summed E-state index contributed by atoms with van der Waals surface area (Å²) in [6, 6.07) is 6.10. The number of benzene rings is 1. The van der Waals surface area contributed by atoms with Crippen LogP contribution in [0.4, 0.5) is 0 Å². The van der Waals surface area contributed by atoms with Gasteiger partial charge in [-0.25, -0.2) is 0 Å². The highest BCUT2D eigenvalue weighted by Gasteiger charge is 2.26. The van der Waals surface area contributed by atoms with Gasteiger partial charge < -0.3 is 14.6 Å².